The molecule has 0 unspecified atom stereocenters. The van der Waals surface area contributed by atoms with Gasteiger partial charge in [0.05, 0.1) is 23.0 Å². The van der Waals surface area contributed by atoms with Gasteiger partial charge in [-0.3, -0.25) is 0 Å². The van der Waals surface area contributed by atoms with E-state index in [0.717, 1.165) is 54.5 Å². The number of nitrogens with two attached hydrogens (primary N) is 1. The van der Waals surface area contributed by atoms with E-state index in [-0.39, 0.29) is 0 Å². The van der Waals surface area contributed by atoms with Crippen molar-refractivity contribution in [2.75, 3.05) is 23.3 Å². The van der Waals surface area contributed by atoms with Crippen LogP contribution >= 0.6 is 0 Å². The predicted octanol–water partition coefficient (Wildman–Crippen LogP) is 4.63. The van der Waals surface area contributed by atoms with Crippen molar-refractivity contribution in [3.05, 3.63) is 95.1 Å². The van der Waals surface area contributed by atoms with E-state index in [1.54, 1.807) is 6.07 Å². The van der Waals surface area contributed by atoms with Gasteiger partial charge in [-0.1, -0.05) is 36.3 Å². The molecule has 0 amide bonds. The van der Waals surface area contributed by atoms with Crippen LogP contribution in [-0.2, 0) is 13.0 Å². The van der Waals surface area contributed by atoms with E-state index < -0.39 is 11.6 Å². The first-order valence-electron chi connectivity index (χ1n) is 11.7. The van der Waals surface area contributed by atoms with Crippen LogP contribution in [0.25, 0.3) is 5.70 Å². The molecule has 0 saturated carbocycles. The zero-order valence-corrected chi connectivity index (χ0v) is 19.5. The van der Waals surface area contributed by atoms with Gasteiger partial charge in [-0.05, 0) is 60.6 Å². The summed E-state index contributed by atoms with van der Waals surface area (Å²) in [6.07, 6.45) is 2.35. The second kappa shape index (κ2) is 10.8. The normalized spacial score (nSPS) is 13.9. The average Bonchev–Trinajstić information content (AvgIpc) is 2.86. The minimum Gasteiger partial charge on any atom is -0.370 e. The van der Waals surface area contributed by atoms with Crippen LogP contribution in [-0.4, -0.2) is 20.9 Å². The van der Waals surface area contributed by atoms with Crippen LogP contribution < -0.4 is 21.4 Å². The smallest absolute Gasteiger partial charge is 0.129 e. The van der Waals surface area contributed by atoms with E-state index in [4.69, 9.17) is 13.6 Å². The van der Waals surface area contributed by atoms with Crippen molar-refractivity contribution >= 4 is 30.4 Å². The Hall–Kier alpha value is -3.63. The van der Waals surface area contributed by atoms with Crippen molar-refractivity contribution in [3.8, 4) is 6.07 Å². The average molecular weight is 468 g/mol. The summed E-state index contributed by atoms with van der Waals surface area (Å²) in [5.41, 5.74) is 11.8. The highest BCUT2D eigenvalue weighted by molar-refractivity contribution is 6.32. The highest BCUT2D eigenvalue weighted by atomic mass is 19.1. The monoisotopic (exact) mass is 468 g/mol. The summed E-state index contributed by atoms with van der Waals surface area (Å²) in [4.78, 5) is 2.26. The van der Waals surface area contributed by atoms with Crippen molar-refractivity contribution in [3.63, 3.8) is 0 Å². The van der Waals surface area contributed by atoms with Gasteiger partial charge in [0.15, 0.2) is 0 Å². The number of nitrogens with zero attached hydrogens (tertiary/aromatic N) is 2. The molecule has 1 aliphatic heterocycles. The van der Waals surface area contributed by atoms with Crippen LogP contribution in [0.5, 0.6) is 0 Å². The fraction of sp³-hybridized carbons (Fsp3) is 0.250. The number of benzene rings is 3. The summed E-state index contributed by atoms with van der Waals surface area (Å²) in [5.74, 6) is -0.719. The molecule has 0 aromatic heterocycles. The van der Waals surface area contributed by atoms with Crippen molar-refractivity contribution < 1.29 is 8.78 Å². The van der Waals surface area contributed by atoms with E-state index >= 15 is 0 Å². The van der Waals surface area contributed by atoms with Crippen LogP contribution in [0.1, 0.15) is 35.1 Å². The van der Waals surface area contributed by atoms with Crippen LogP contribution in [0, 0.1) is 28.9 Å². The Balaban J connectivity index is 1.50. The molecule has 0 bridgehead atoms. The van der Waals surface area contributed by atoms with Gasteiger partial charge in [0.25, 0.3) is 0 Å². The lowest BCUT2D eigenvalue weighted by Crippen LogP contribution is -2.34. The Bertz CT molecular complexity index is 1280. The molecule has 3 N–H and O–H groups in total. The van der Waals surface area contributed by atoms with Crippen molar-refractivity contribution in [2.45, 2.75) is 25.8 Å². The van der Waals surface area contributed by atoms with E-state index in [9.17, 15) is 14.0 Å². The molecule has 0 atom stereocenters. The Morgan fingerprint density at radius 1 is 1.09 bits per heavy atom. The fourth-order valence-corrected chi connectivity index (χ4v) is 4.66. The summed E-state index contributed by atoms with van der Waals surface area (Å²) in [7, 11) is 5.90. The predicted molar refractivity (Wildman–Crippen MR) is 139 cm³/mol. The topological polar surface area (TPSA) is 65.1 Å². The van der Waals surface area contributed by atoms with Gasteiger partial charge in [0.1, 0.15) is 19.5 Å². The molecule has 3 aromatic rings. The molecule has 1 saturated heterocycles. The molecule has 4 rings (SSSR count). The maximum Gasteiger partial charge on any atom is 0.129 e. The minimum atomic E-state index is -0.555. The first-order valence-corrected chi connectivity index (χ1v) is 11.7. The number of nitriles is 1. The molecule has 1 fully saturated rings. The molecule has 35 heavy (non-hydrogen) atoms. The number of halogens is 2. The zero-order chi connectivity index (χ0) is 24.9. The Morgan fingerprint density at radius 3 is 2.54 bits per heavy atom. The van der Waals surface area contributed by atoms with Crippen LogP contribution in [0.3, 0.4) is 0 Å². The highest BCUT2D eigenvalue weighted by Gasteiger charge is 2.23. The summed E-state index contributed by atoms with van der Waals surface area (Å²) in [5, 5.41) is 12.8. The molecule has 3 aromatic carbocycles. The van der Waals surface area contributed by atoms with Crippen LogP contribution in [0.2, 0.25) is 0 Å². The maximum absolute atomic E-state index is 14.1. The summed E-state index contributed by atoms with van der Waals surface area (Å²) >= 11 is 0. The molecule has 176 valence electrons. The van der Waals surface area contributed by atoms with E-state index in [2.05, 4.69) is 22.9 Å². The first kappa shape index (κ1) is 24.5. The zero-order valence-electron chi connectivity index (χ0n) is 19.5. The molecule has 2 radical (unpaired) electrons. The highest BCUT2D eigenvalue weighted by Crippen LogP contribution is 2.34. The molecule has 4 nitrogen and oxygen atoms in total. The minimum absolute atomic E-state index is 0.317. The largest absolute Gasteiger partial charge is 0.370 e. The number of anilines is 2. The number of rotatable bonds is 7. The molecule has 1 heterocycles. The van der Waals surface area contributed by atoms with Gasteiger partial charge in [0, 0.05) is 37.0 Å². The van der Waals surface area contributed by atoms with Crippen molar-refractivity contribution in [1.29, 1.82) is 5.26 Å². The van der Waals surface area contributed by atoms with Gasteiger partial charge in [-0.15, -0.1) is 0 Å². The van der Waals surface area contributed by atoms with E-state index in [1.807, 2.05) is 30.3 Å². The van der Waals surface area contributed by atoms with Gasteiger partial charge in [-0.25, -0.2) is 8.78 Å². The second-order valence-electron chi connectivity index (χ2n) is 8.94. The lowest BCUT2D eigenvalue weighted by Gasteiger charge is -2.35. The lowest BCUT2D eigenvalue weighted by molar-refractivity contribution is 0.397. The summed E-state index contributed by atoms with van der Waals surface area (Å²) < 4.78 is 27.3. The van der Waals surface area contributed by atoms with Gasteiger partial charge in [0.2, 0.25) is 0 Å². The lowest BCUT2D eigenvalue weighted by atomic mass is 9.89. The summed E-state index contributed by atoms with van der Waals surface area (Å²) in [6.45, 7) is 6.11. The maximum atomic E-state index is 14.1. The van der Waals surface area contributed by atoms with Gasteiger partial charge < -0.3 is 16.0 Å². The van der Waals surface area contributed by atoms with E-state index in [1.165, 1.54) is 12.1 Å². The van der Waals surface area contributed by atoms with Gasteiger partial charge in [-0.2, -0.15) is 5.26 Å². The SMILES string of the molecule is [B]c1ccc(C(=C)Nc2cc(C#N)ccc2N2CCC(Cc3ccc(F)cc3F)CC2)c(CN)c1. The van der Waals surface area contributed by atoms with Crippen molar-refractivity contribution in [2.24, 2.45) is 11.7 Å². The number of nitrogens with one attached hydrogen (secondary N) is 1. The first-order chi connectivity index (χ1) is 16.9. The van der Waals surface area contributed by atoms with E-state index in [0.29, 0.717) is 41.2 Å². The molecule has 7 heteroatoms. The van der Waals surface area contributed by atoms with Crippen LogP contribution in [0.15, 0.2) is 61.2 Å². The van der Waals surface area contributed by atoms with Crippen molar-refractivity contribution in [1.82, 2.24) is 0 Å². The number of piperidine rings is 1. The third-order valence-electron chi connectivity index (χ3n) is 6.56. The number of hydrogen-bond donors (Lipinski definition) is 2. The molecule has 1 aliphatic rings. The second-order valence-corrected chi connectivity index (χ2v) is 8.94. The summed E-state index contributed by atoms with van der Waals surface area (Å²) in [6, 6.07) is 17.1. The standard InChI is InChI=1S/C28H27BF2N4/c1-18(25-6-4-23(29)14-22(25)17-33)34-27-13-20(16-32)2-7-28(27)35-10-8-19(9-11-35)12-21-3-5-24(30)15-26(21)31/h2-7,13-15,19,34H,1,8-12,17,33H2. The molecule has 0 spiro atoms. The third-order valence-corrected chi connectivity index (χ3v) is 6.56. The molecular weight excluding hydrogens is 441 g/mol. The fourth-order valence-electron chi connectivity index (χ4n) is 4.66. The third kappa shape index (κ3) is 5.72. The number of hydrogen-bond acceptors (Lipinski definition) is 4. The molecular formula is C28H27BF2N4. The quantitative estimate of drug-likeness (QED) is 0.497. The Labute approximate surface area is 206 Å². The molecule has 0 aliphatic carbocycles. The Morgan fingerprint density at radius 2 is 1.86 bits per heavy atom. The van der Waals surface area contributed by atoms with Gasteiger partial charge >= 0.3 is 0 Å². The van der Waals surface area contributed by atoms with Crippen LogP contribution in [0.4, 0.5) is 20.2 Å². The Kier molecular flexibility index (Phi) is 7.53.